The van der Waals surface area contributed by atoms with E-state index in [-0.39, 0.29) is 0 Å². The molecule has 0 atom stereocenters. The van der Waals surface area contributed by atoms with Crippen molar-refractivity contribution in [3.63, 3.8) is 0 Å². The molecule has 19 heavy (non-hydrogen) atoms. The topological polar surface area (TPSA) is 21.7 Å². The first kappa shape index (κ1) is 13.9. The summed E-state index contributed by atoms with van der Waals surface area (Å²) in [7, 11) is 0. The summed E-state index contributed by atoms with van der Waals surface area (Å²) in [5.41, 5.74) is 0. The number of likely N-dealkylation sites (tertiary alicyclic amines) is 1. The Bertz CT molecular complexity index is 386. The molecule has 104 valence electrons. The summed E-state index contributed by atoms with van der Waals surface area (Å²) >= 11 is 0. The molecule has 0 amide bonds. The smallest absolute Gasteiger partial charge is 0.161 e. The van der Waals surface area contributed by atoms with Gasteiger partial charge in [-0.15, -0.1) is 0 Å². The molecule has 0 N–H and O–H groups in total. The van der Waals surface area contributed by atoms with Crippen LogP contribution in [0.5, 0.6) is 11.5 Å². The summed E-state index contributed by atoms with van der Waals surface area (Å²) in [6.45, 7) is 8.29. The first-order valence-electron chi connectivity index (χ1n) is 7.08. The van der Waals surface area contributed by atoms with Crippen molar-refractivity contribution in [1.29, 1.82) is 0 Å². The second-order valence-electron chi connectivity index (χ2n) is 4.80. The van der Waals surface area contributed by atoms with Crippen LogP contribution in [0.1, 0.15) is 19.3 Å². The maximum Gasteiger partial charge on any atom is 0.161 e. The van der Waals surface area contributed by atoms with Gasteiger partial charge < -0.3 is 9.47 Å². The molecule has 3 heteroatoms. The second-order valence-corrected chi connectivity index (χ2v) is 4.80. The van der Waals surface area contributed by atoms with Crippen LogP contribution >= 0.6 is 0 Å². The molecule has 0 unspecified atom stereocenters. The summed E-state index contributed by atoms with van der Waals surface area (Å²) in [6, 6.07) is 7.81. The number of nitrogens with zero attached hydrogens (tertiary/aromatic N) is 1. The van der Waals surface area contributed by atoms with Crippen LogP contribution in [-0.2, 0) is 0 Å². The number of rotatable bonds is 7. The Kier molecular flexibility index (Phi) is 5.76. The number of hydrogen-bond acceptors (Lipinski definition) is 3. The third-order valence-corrected chi connectivity index (χ3v) is 3.32. The van der Waals surface area contributed by atoms with E-state index < -0.39 is 0 Å². The van der Waals surface area contributed by atoms with E-state index in [1.54, 1.807) is 6.08 Å². The molecule has 1 aromatic rings. The minimum Gasteiger partial charge on any atom is -0.488 e. The predicted molar refractivity (Wildman–Crippen MR) is 77.9 cm³/mol. The molecule has 1 aromatic carbocycles. The third kappa shape index (κ3) is 4.60. The average molecular weight is 261 g/mol. The first-order valence-corrected chi connectivity index (χ1v) is 7.08. The molecule has 0 spiro atoms. The highest BCUT2D eigenvalue weighted by Gasteiger charge is 2.10. The van der Waals surface area contributed by atoms with Gasteiger partial charge in [-0.05, 0) is 38.1 Å². The van der Waals surface area contributed by atoms with E-state index in [0.717, 1.165) is 18.0 Å². The number of hydrogen-bond donors (Lipinski definition) is 0. The van der Waals surface area contributed by atoms with Crippen LogP contribution in [0.3, 0.4) is 0 Å². The molecule has 1 aliphatic rings. The predicted octanol–water partition coefficient (Wildman–Crippen LogP) is 3.12. The first-order chi connectivity index (χ1) is 9.40. The van der Waals surface area contributed by atoms with Crippen LogP contribution in [0.2, 0.25) is 0 Å². The second kappa shape index (κ2) is 7.85. The van der Waals surface area contributed by atoms with E-state index in [2.05, 4.69) is 11.5 Å². The summed E-state index contributed by atoms with van der Waals surface area (Å²) in [4.78, 5) is 2.47. The van der Waals surface area contributed by atoms with Gasteiger partial charge in [0.1, 0.15) is 13.2 Å². The minimum atomic E-state index is 0.506. The molecule has 1 heterocycles. The van der Waals surface area contributed by atoms with Crippen LogP contribution in [-0.4, -0.2) is 37.7 Å². The quantitative estimate of drug-likeness (QED) is 0.704. The Morgan fingerprint density at radius 3 is 2.42 bits per heavy atom. The third-order valence-electron chi connectivity index (χ3n) is 3.32. The highest BCUT2D eigenvalue weighted by atomic mass is 16.5. The van der Waals surface area contributed by atoms with Crippen molar-refractivity contribution in [2.24, 2.45) is 0 Å². The van der Waals surface area contributed by atoms with Crippen molar-refractivity contribution in [3.05, 3.63) is 36.9 Å². The van der Waals surface area contributed by atoms with Crippen LogP contribution in [0, 0.1) is 0 Å². The van der Waals surface area contributed by atoms with Gasteiger partial charge in [0.05, 0.1) is 0 Å². The molecule has 2 rings (SSSR count). The van der Waals surface area contributed by atoms with Crippen molar-refractivity contribution in [1.82, 2.24) is 4.90 Å². The van der Waals surface area contributed by atoms with Gasteiger partial charge in [0, 0.05) is 6.54 Å². The molecule has 3 nitrogen and oxygen atoms in total. The summed E-state index contributed by atoms with van der Waals surface area (Å²) in [5.74, 6) is 1.61. The number of para-hydroxylation sites is 2. The molecule has 0 aromatic heterocycles. The van der Waals surface area contributed by atoms with Gasteiger partial charge in [0.25, 0.3) is 0 Å². The molecule has 1 aliphatic heterocycles. The fraction of sp³-hybridized carbons (Fsp3) is 0.500. The van der Waals surface area contributed by atoms with E-state index >= 15 is 0 Å². The lowest BCUT2D eigenvalue weighted by Gasteiger charge is -2.26. The van der Waals surface area contributed by atoms with E-state index in [4.69, 9.17) is 9.47 Å². The monoisotopic (exact) mass is 261 g/mol. The fourth-order valence-electron chi connectivity index (χ4n) is 2.31. The normalized spacial score (nSPS) is 16.0. The van der Waals surface area contributed by atoms with Crippen LogP contribution in [0.4, 0.5) is 0 Å². The van der Waals surface area contributed by atoms with Crippen molar-refractivity contribution < 1.29 is 9.47 Å². The Morgan fingerprint density at radius 1 is 1.05 bits per heavy atom. The van der Waals surface area contributed by atoms with Crippen LogP contribution in [0.25, 0.3) is 0 Å². The lowest BCUT2D eigenvalue weighted by atomic mass is 10.1. The Balaban J connectivity index is 1.79. The molecular weight excluding hydrogens is 238 g/mol. The molecule has 0 radical (unpaired) electrons. The number of ether oxygens (including phenoxy) is 2. The standard InChI is InChI=1S/C16H23NO2/c1-2-13-18-15-8-4-5-9-16(15)19-14-12-17-10-6-3-7-11-17/h2,4-5,8-9H,1,3,6-7,10-14H2. The van der Waals surface area contributed by atoms with Gasteiger partial charge in [-0.25, -0.2) is 0 Å². The highest BCUT2D eigenvalue weighted by molar-refractivity contribution is 5.39. The lowest BCUT2D eigenvalue weighted by Crippen LogP contribution is -2.33. The molecule has 0 bridgehead atoms. The van der Waals surface area contributed by atoms with Crippen molar-refractivity contribution in [2.45, 2.75) is 19.3 Å². The zero-order valence-corrected chi connectivity index (χ0v) is 11.5. The van der Waals surface area contributed by atoms with Gasteiger partial charge >= 0.3 is 0 Å². The SMILES string of the molecule is C=CCOc1ccccc1OCCN1CCCCC1. The largest absolute Gasteiger partial charge is 0.488 e. The van der Waals surface area contributed by atoms with E-state index in [0.29, 0.717) is 13.2 Å². The Labute approximate surface area is 115 Å². The zero-order chi connectivity index (χ0) is 13.3. The molecule has 1 fully saturated rings. The maximum absolute atomic E-state index is 5.84. The highest BCUT2D eigenvalue weighted by Crippen LogP contribution is 2.26. The van der Waals surface area contributed by atoms with Gasteiger partial charge in [-0.3, -0.25) is 4.90 Å². The lowest BCUT2D eigenvalue weighted by molar-refractivity contribution is 0.180. The van der Waals surface area contributed by atoms with E-state index in [9.17, 15) is 0 Å². The maximum atomic E-state index is 5.84. The van der Waals surface area contributed by atoms with E-state index in [1.165, 1.54) is 32.4 Å². The number of benzene rings is 1. The minimum absolute atomic E-state index is 0.506. The van der Waals surface area contributed by atoms with Gasteiger partial charge in [0.15, 0.2) is 11.5 Å². The summed E-state index contributed by atoms with van der Waals surface area (Å²) in [6.07, 6.45) is 5.75. The average Bonchev–Trinajstić information content (AvgIpc) is 2.47. The summed E-state index contributed by atoms with van der Waals surface area (Å²) in [5, 5.41) is 0. The van der Waals surface area contributed by atoms with Gasteiger partial charge in [0.2, 0.25) is 0 Å². The van der Waals surface area contributed by atoms with Gasteiger partial charge in [-0.2, -0.15) is 0 Å². The molecule has 0 saturated carbocycles. The van der Waals surface area contributed by atoms with Crippen molar-refractivity contribution in [3.8, 4) is 11.5 Å². The number of piperidine rings is 1. The van der Waals surface area contributed by atoms with Crippen LogP contribution in [0.15, 0.2) is 36.9 Å². The van der Waals surface area contributed by atoms with E-state index in [1.807, 2.05) is 24.3 Å². The van der Waals surface area contributed by atoms with Gasteiger partial charge in [-0.1, -0.05) is 31.2 Å². The Morgan fingerprint density at radius 2 is 1.74 bits per heavy atom. The summed E-state index contributed by atoms with van der Waals surface area (Å²) < 4.78 is 11.4. The van der Waals surface area contributed by atoms with Crippen LogP contribution < -0.4 is 9.47 Å². The van der Waals surface area contributed by atoms with Crippen molar-refractivity contribution >= 4 is 0 Å². The van der Waals surface area contributed by atoms with Crippen molar-refractivity contribution in [2.75, 3.05) is 32.8 Å². The molecular formula is C16H23NO2. The molecule has 1 saturated heterocycles. The molecule has 0 aliphatic carbocycles. The zero-order valence-electron chi connectivity index (χ0n) is 11.5. The Hall–Kier alpha value is -1.48. The fourth-order valence-corrected chi connectivity index (χ4v) is 2.31.